The maximum atomic E-state index is 13.9. The number of amides is 1. The Morgan fingerprint density at radius 2 is 1.94 bits per heavy atom. The van der Waals surface area contributed by atoms with Crippen LogP contribution in [0.5, 0.6) is 0 Å². The second-order valence-electron chi connectivity index (χ2n) is 10.6. The van der Waals surface area contributed by atoms with E-state index in [0.29, 0.717) is 16.9 Å². The van der Waals surface area contributed by atoms with E-state index in [1.54, 1.807) is 0 Å². The van der Waals surface area contributed by atoms with Crippen molar-refractivity contribution in [1.29, 1.82) is 0 Å². The summed E-state index contributed by atoms with van der Waals surface area (Å²) < 4.78 is 20.9. The molecule has 6 rings (SSSR count). The molecule has 4 fully saturated rings. The van der Waals surface area contributed by atoms with Crippen LogP contribution in [0.15, 0.2) is 42.1 Å². The van der Waals surface area contributed by atoms with Crippen LogP contribution in [0.2, 0.25) is 0 Å². The molecule has 4 heterocycles. The smallest absolute Gasteiger partial charge is 0.316 e. The van der Waals surface area contributed by atoms with Crippen LogP contribution in [0.1, 0.15) is 57.8 Å². The number of carbonyl (C=O) groups excluding carboxylic acids is 2. The van der Waals surface area contributed by atoms with Crippen molar-refractivity contribution in [3.05, 3.63) is 47.9 Å². The van der Waals surface area contributed by atoms with Crippen LogP contribution in [0.4, 0.5) is 10.2 Å². The van der Waals surface area contributed by atoms with Crippen molar-refractivity contribution in [3.8, 4) is 0 Å². The van der Waals surface area contributed by atoms with Crippen molar-refractivity contribution in [1.82, 2.24) is 4.98 Å². The van der Waals surface area contributed by atoms with Gasteiger partial charge in [-0.25, -0.2) is 9.37 Å². The van der Waals surface area contributed by atoms with Crippen LogP contribution < -0.4 is 5.32 Å². The molecule has 1 aromatic rings. The van der Waals surface area contributed by atoms with E-state index < -0.39 is 11.2 Å². The number of pyridine rings is 1. The zero-order valence-electron chi connectivity index (χ0n) is 19.8. The zero-order chi connectivity index (χ0) is 23.6. The summed E-state index contributed by atoms with van der Waals surface area (Å²) in [6.07, 6.45) is 16.6. The lowest BCUT2D eigenvalue weighted by molar-refractivity contribution is -0.939. The number of hydrogen-bond donors (Lipinski definition) is 1. The fraction of sp³-hybridized carbons (Fsp3) is 0.593. The van der Waals surface area contributed by atoms with Crippen molar-refractivity contribution >= 4 is 17.7 Å². The molecular formula is C27H35FN3O3+. The van der Waals surface area contributed by atoms with Gasteiger partial charge in [-0.3, -0.25) is 9.59 Å². The minimum absolute atomic E-state index is 0.0330. The molecule has 0 unspecified atom stereocenters. The molecule has 2 aliphatic carbocycles. The fourth-order valence-electron chi connectivity index (χ4n) is 6.57. The van der Waals surface area contributed by atoms with Crippen molar-refractivity contribution in [3.63, 3.8) is 0 Å². The van der Waals surface area contributed by atoms with E-state index in [2.05, 4.69) is 28.5 Å². The first-order valence-corrected chi connectivity index (χ1v) is 12.8. The van der Waals surface area contributed by atoms with Gasteiger partial charge in [0.2, 0.25) is 0 Å². The van der Waals surface area contributed by atoms with Gasteiger partial charge in [-0.2, -0.15) is 0 Å². The molecule has 1 aromatic heterocycles. The molecule has 0 aromatic carbocycles. The molecular weight excluding hydrogens is 433 g/mol. The first-order valence-electron chi connectivity index (χ1n) is 12.8. The van der Waals surface area contributed by atoms with E-state index in [1.165, 1.54) is 36.7 Å². The number of nitrogens with one attached hydrogen (secondary N) is 1. The van der Waals surface area contributed by atoms with Crippen LogP contribution in [0.25, 0.3) is 0 Å². The Morgan fingerprint density at radius 1 is 1.18 bits per heavy atom. The fourth-order valence-corrected chi connectivity index (χ4v) is 6.57. The number of aromatic nitrogens is 1. The van der Waals surface area contributed by atoms with Gasteiger partial charge in [0.1, 0.15) is 6.54 Å². The highest BCUT2D eigenvalue weighted by Crippen LogP contribution is 2.46. The highest BCUT2D eigenvalue weighted by atomic mass is 19.1. The van der Waals surface area contributed by atoms with E-state index in [0.717, 1.165) is 58.0 Å². The molecule has 6 nitrogen and oxygen atoms in total. The summed E-state index contributed by atoms with van der Waals surface area (Å²) in [5, 5.41) is 2.63. The SMILES string of the molecule is O=C(C[N+]12CCC(CC1)[C@@H](OC(=O)C1(C3=CC=CC3)CCCCCC1)C2)Nc1ncccc1F. The van der Waals surface area contributed by atoms with Crippen molar-refractivity contribution in [2.24, 2.45) is 11.3 Å². The molecule has 2 bridgehead atoms. The maximum Gasteiger partial charge on any atom is 0.316 e. The number of nitrogens with zero attached hydrogens (tertiary/aromatic N) is 2. The number of quaternary nitrogens is 1. The zero-order valence-corrected chi connectivity index (χ0v) is 19.8. The van der Waals surface area contributed by atoms with E-state index in [9.17, 15) is 14.0 Å². The number of allylic oxidation sites excluding steroid dienone is 3. The van der Waals surface area contributed by atoms with Gasteiger partial charge in [0.25, 0.3) is 5.91 Å². The number of ether oxygens (including phenoxy) is 1. The van der Waals surface area contributed by atoms with Crippen molar-refractivity contribution in [2.75, 3.05) is 31.5 Å². The highest BCUT2D eigenvalue weighted by molar-refractivity contribution is 5.90. The van der Waals surface area contributed by atoms with E-state index in [1.807, 2.05) is 0 Å². The molecule has 3 aliphatic heterocycles. The molecule has 5 aliphatic rings. The Bertz CT molecular complexity index is 989. The Morgan fingerprint density at radius 3 is 2.62 bits per heavy atom. The number of esters is 1. The minimum Gasteiger partial charge on any atom is -0.455 e. The number of carbonyl (C=O) groups is 2. The quantitative estimate of drug-likeness (QED) is 0.378. The lowest BCUT2D eigenvalue weighted by Gasteiger charge is -2.52. The van der Waals surface area contributed by atoms with Gasteiger partial charge >= 0.3 is 5.97 Å². The third-order valence-corrected chi connectivity index (χ3v) is 8.53. The Balaban J connectivity index is 1.28. The van der Waals surface area contributed by atoms with Gasteiger partial charge in [-0.15, -0.1) is 0 Å². The number of anilines is 1. The molecule has 182 valence electrons. The molecule has 7 heteroatoms. The first-order chi connectivity index (χ1) is 16.5. The lowest BCUT2D eigenvalue weighted by atomic mass is 9.73. The molecule has 1 N–H and O–H groups in total. The van der Waals surface area contributed by atoms with E-state index in [-0.39, 0.29) is 30.3 Å². The number of halogens is 1. The van der Waals surface area contributed by atoms with Crippen LogP contribution in [0.3, 0.4) is 0 Å². The normalized spacial score (nSPS) is 29.9. The number of piperidine rings is 3. The van der Waals surface area contributed by atoms with Crippen LogP contribution in [-0.4, -0.2) is 53.6 Å². The minimum atomic E-state index is -0.538. The van der Waals surface area contributed by atoms with Crippen LogP contribution >= 0.6 is 0 Å². The third-order valence-electron chi connectivity index (χ3n) is 8.53. The van der Waals surface area contributed by atoms with Gasteiger partial charge < -0.3 is 14.5 Å². The second-order valence-corrected chi connectivity index (χ2v) is 10.6. The van der Waals surface area contributed by atoms with Gasteiger partial charge in [0.15, 0.2) is 24.3 Å². The molecule has 1 saturated carbocycles. The number of fused-ring (bicyclic) bond motifs is 3. The Hall–Kier alpha value is -2.54. The van der Waals surface area contributed by atoms with Crippen LogP contribution in [0, 0.1) is 17.2 Å². The highest BCUT2D eigenvalue weighted by Gasteiger charge is 2.51. The van der Waals surface area contributed by atoms with E-state index >= 15 is 0 Å². The standard InChI is InChI=1S/C27H34FN3O3/c28-22-10-7-15-29-25(22)30-24(32)19-31-16-11-20(12-17-31)23(18-31)34-26(33)27(21-8-3-4-9-21)13-5-1-2-6-14-27/h3-4,7-8,10,15,20,23H,1-2,5-6,9,11-14,16-19H2/p+1/t20?,23-,31?/m0/s1. The molecule has 34 heavy (non-hydrogen) atoms. The summed E-state index contributed by atoms with van der Waals surface area (Å²) in [5.74, 6) is -0.510. The molecule has 3 saturated heterocycles. The number of rotatable bonds is 6. The molecule has 1 atom stereocenters. The average molecular weight is 469 g/mol. The summed E-state index contributed by atoms with van der Waals surface area (Å²) >= 11 is 0. The molecule has 0 radical (unpaired) electrons. The Labute approximate surface area is 200 Å². The summed E-state index contributed by atoms with van der Waals surface area (Å²) in [4.78, 5) is 30.5. The van der Waals surface area contributed by atoms with Gasteiger partial charge in [0, 0.05) is 25.0 Å². The monoisotopic (exact) mass is 468 g/mol. The maximum absolute atomic E-state index is 13.9. The summed E-state index contributed by atoms with van der Waals surface area (Å²) in [6, 6.07) is 2.79. The van der Waals surface area contributed by atoms with Crippen molar-refractivity contribution < 1.29 is 23.2 Å². The van der Waals surface area contributed by atoms with E-state index in [4.69, 9.17) is 4.74 Å². The van der Waals surface area contributed by atoms with Gasteiger partial charge in [0.05, 0.1) is 18.5 Å². The topological polar surface area (TPSA) is 68.3 Å². The third kappa shape index (κ3) is 4.54. The van der Waals surface area contributed by atoms with Gasteiger partial charge in [-0.05, 0) is 37.0 Å². The molecule has 0 spiro atoms. The van der Waals surface area contributed by atoms with Crippen molar-refractivity contribution in [2.45, 2.75) is 63.9 Å². The second kappa shape index (κ2) is 9.61. The largest absolute Gasteiger partial charge is 0.455 e. The Kier molecular flexibility index (Phi) is 6.56. The predicted molar refractivity (Wildman–Crippen MR) is 127 cm³/mol. The summed E-state index contributed by atoms with van der Waals surface area (Å²) in [5.41, 5.74) is 0.714. The predicted octanol–water partition coefficient (Wildman–Crippen LogP) is 4.54. The van der Waals surface area contributed by atoms with Gasteiger partial charge in [-0.1, -0.05) is 43.9 Å². The summed E-state index contributed by atoms with van der Waals surface area (Å²) in [7, 11) is 0. The average Bonchev–Trinajstić information content (AvgIpc) is 3.26. The summed E-state index contributed by atoms with van der Waals surface area (Å²) in [6.45, 7) is 2.67. The number of hydrogen-bond acceptors (Lipinski definition) is 4. The van der Waals surface area contributed by atoms with Crippen LogP contribution in [-0.2, 0) is 14.3 Å². The lowest BCUT2D eigenvalue weighted by Crippen LogP contribution is -2.66. The molecule has 1 amide bonds. The first kappa shape index (κ1) is 23.2.